The van der Waals surface area contributed by atoms with E-state index in [1.165, 1.54) is 29.2 Å². The number of aromatic nitrogens is 5. The molecule has 30 heavy (non-hydrogen) atoms. The zero-order chi connectivity index (χ0) is 21.3. The number of carbonyl (C=O) groups excluding carboxylic acids is 1. The Morgan fingerprint density at radius 3 is 2.60 bits per heavy atom. The summed E-state index contributed by atoms with van der Waals surface area (Å²) in [6.07, 6.45) is 6.15. The molecule has 0 aliphatic heterocycles. The Morgan fingerprint density at radius 2 is 1.87 bits per heavy atom. The lowest BCUT2D eigenvalue weighted by molar-refractivity contribution is 0.101. The van der Waals surface area contributed by atoms with Gasteiger partial charge in [-0.05, 0) is 19.1 Å². The fourth-order valence-corrected chi connectivity index (χ4v) is 3.27. The highest BCUT2D eigenvalue weighted by atomic mass is 35.5. The van der Waals surface area contributed by atoms with Crippen LogP contribution in [0.5, 0.6) is 0 Å². The van der Waals surface area contributed by atoms with Crippen LogP contribution < -0.4 is 5.32 Å². The van der Waals surface area contributed by atoms with Crippen molar-refractivity contribution in [3.63, 3.8) is 0 Å². The maximum Gasteiger partial charge on any atom is 0.278 e. The summed E-state index contributed by atoms with van der Waals surface area (Å²) in [5, 5.41) is 15.6. The lowest BCUT2D eigenvalue weighted by atomic mass is 10.2. The van der Waals surface area contributed by atoms with Gasteiger partial charge in [-0.15, -0.1) is 0 Å². The molecule has 0 unspecified atom stereocenters. The molecule has 3 aromatic heterocycles. The fraction of sp³-hybridized carbons (Fsp3) is 0.158. The number of hydrogen-bond donors (Lipinski definition) is 1. The van der Waals surface area contributed by atoms with E-state index in [1.807, 2.05) is 0 Å². The van der Waals surface area contributed by atoms with Crippen molar-refractivity contribution in [2.24, 2.45) is 0 Å². The van der Waals surface area contributed by atoms with Gasteiger partial charge in [0, 0.05) is 28.5 Å². The van der Waals surface area contributed by atoms with E-state index < -0.39 is 11.7 Å². The van der Waals surface area contributed by atoms with Gasteiger partial charge >= 0.3 is 0 Å². The number of carbonyl (C=O) groups is 1. The largest absolute Gasteiger partial charge is 0.361 e. The minimum absolute atomic E-state index is 0.121. The van der Waals surface area contributed by atoms with Gasteiger partial charge in [-0.2, -0.15) is 10.2 Å². The molecule has 4 rings (SSSR count). The molecule has 0 radical (unpaired) electrons. The van der Waals surface area contributed by atoms with Crippen LogP contribution in [-0.4, -0.2) is 30.6 Å². The second kappa shape index (κ2) is 8.29. The average Bonchev–Trinajstić information content (AvgIpc) is 3.41. The van der Waals surface area contributed by atoms with Gasteiger partial charge in [0.05, 0.1) is 36.2 Å². The molecule has 0 bridgehead atoms. The molecular weight excluding hydrogens is 434 g/mol. The third kappa shape index (κ3) is 4.22. The molecular formula is C19H15Cl2FN6O2. The van der Waals surface area contributed by atoms with Crippen molar-refractivity contribution in [3.05, 3.63) is 81.4 Å². The van der Waals surface area contributed by atoms with Gasteiger partial charge in [-0.1, -0.05) is 34.4 Å². The first-order chi connectivity index (χ1) is 14.4. The summed E-state index contributed by atoms with van der Waals surface area (Å²) in [4.78, 5) is 12.7. The van der Waals surface area contributed by atoms with Crippen LogP contribution in [0, 0.1) is 12.7 Å². The maximum atomic E-state index is 14.0. The minimum atomic E-state index is -0.469. The van der Waals surface area contributed by atoms with E-state index >= 15 is 0 Å². The predicted octanol–water partition coefficient (Wildman–Crippen LogP) is 4.17. The number of rotatable bonds is 6. The number of hydrogen-bond acceptors (Lipinski definition) is 5. The first-order valence-corrected chi connectivity index (χ1v) is 9.56. The third-order valence-electron chi connectivity index (χ3n) is 4.39. The summed E-state index contributed by atoms with van der Waals surface area (Å²) in [5.41, 5.74) is 1.44. The van der Waals surface area contributed by atoms with Crippen molar-refractivity contribution in [2.45, 2.75) is 20.0 Å². The van der Waals surface area contributed by atoms with E-state index in [0.29, 0.717) is 32.6 Å². The van der Waals surface area contributed by atoms with E-state index in [9.17, 15) is 9.18 Å². The molecule has 0 saturated heterocycles. The number of nitrogens with one attached hydrogen (secondary N) is 1. The van der Waals surface area contributed by atoms with E-state index in [-0.39, 0.29) is 18.8 Å². The van der Waals surface area contributed by atoms with E-state index in [4.69, 9.17) is 27.7 Å². The molecule has 11 heteroatoms. The van der Waals surface area contributed by atoms with E-state index in [2.05, 4.69) is 20.7 Å². The smallest absolute Gasteiger partial charge is 0.278 e. The predicted molar refractivity (Wildman–Crippen MR) is 108 cm³/mol. The van der Waals surface area contributed by atoms with Crippen LogP contribution in [0.2, 0.25) is 10.0 Å². The van der Waals surface area contributed by atoms with Crippen LogP contribution in [0.1, 0.15) is 27.4 Å². The Balaban J connectivity index is 1.49. The molecule has 0 atom stereocenters. The standard InChI is InChI=1S/C19H15Cl2FN6O2/c1-11-14(9-27-7-12(20)5-23-27)18(26-30-11)19(29)25-13-6-24-28(8-13)10-15-16(21)3-2-4-17(15)22/h2-8H,9-10H2,1H3,(H,25,29). The summed E-state index contributed by atoms with van der Waals surface area (Å²) in [6.45, 7) is 2.10. The summed E-state index contributed by atoms with van der Waals surface area (Å²) in [7, 11) is 0. The fourth-order valence-electron chi connectivity index (χ4n) is 2.89. The van der Waals surface area contributed by atoms with Gasteiger partial charge in [0.25, 0.3) is 5.91 Å². The van der Waals surface area contributed by atoms with Crippen LogP contribution in [0.4, 0.5) is 10.1 Å². The molecule has 4 aromatic rings. The zero-order valence-electron chi connectivity index (χ0n) is 15.6. The highest BCUT2D eigenvalue weighted by Gasteiger charge is 2.21. The maximum absolute atomic E-state index is 14.0. The topological polar surface area (TPSA) is 90.8 Å². The van der Waals surface area contributed by atoms with Gasteiger partial charge in [0.15, 0.2) is 5.69 Å². The third-order valence-corrected chi connectivity index (χ3v) is 4.94. The molecule has 0 aliphatic rings. The quantitative estimate of drug-likeness (QED) is 0.477. The van der Waals surface area contributed by atoms with Crippen molar-refractivity contribution in [1.29, 1.82) is 0 Å². The van der Waals surface area contributed by atoms with Crippen LogP contribution in [-0.2, 0) is 13.1 Å². The number of anilines is 1. The highest BCUT2D eigenvalue weighted by Crippen LogP contribution is 2.21. The summed E-state index contributed by atoms with van der Waals surface area (Å²) >= 11 is 11.9. The van der Waals surface area contributed by atoms with Crippen molar-refractivity contribution < 1.29 is 13.7 Å². The molecule has 8 nitrogen and oxygen atoms in total. The SMILES string of the molecule is Cc1onc(C(=O)Nc2cnn(Cc3c(F)cccc3Cl)c2)c1Cn1cc(Cl)cn1. The molecule has 1 N–H and O–H groups in total. The number of nitrogens with zero attached hydrogens (tertiary/aromatic N) is 5. The summed E-state index contributed by atoms with van der Waals surface area (Å²) < 4.78 is 22.2. The molecule has 1 aromatic carbocycles. The summed E-state index contributed by atoms with van der Waals surface area (Å²) in [5.74, 6) is -0.398. The number of benzene rings is 1. The van der Waals surface area contributed by atoms with Crippen LogP contribution in [0.15, 0.2) is 47.5 Å². The van der Waals surface area contributed by atoms with Gasteiger partial charge in [0.1, 0.15) is 11.6 Å². The van der Waals surface area contributed by atoms with Gasteiger partial charge in [-0.25, -0.2) is 4.39 Å². The number of aryl methyl sites for hydroxylation is 1. The molecule has 0 aliphatic carbocycles. The van der Waals surface area contributed by atoms with Crippen LogP contribution >= 0.6 is 23.2 Å². The normalized spacial score (nSPS) is 11.1. The first kappa shape index (κ1) is 20.1. The van der Waals surface area contributed by atoms with E-state index in [1.54, 1.807) is 30.1 Å². The van der Waals surface area contributed by atoms with Gasteiger partial charge in [-0.3, -0.25) is 14.2 Å². The zero-order valence-corrected chi connectivity index (χ0v) is 17.2. The summed E-state index contributed by atoms with van der Waals surface area (Å²) in [6, 6.07) is 4.46. The van der Waals surface area contributed by atoms with E-state index in [0.717, 1.165) is 0 Å². The molecule has 0 spiro atoms. The first-order valence-electron chi connectivity index (χ1n) is 8.80. The van der Waals surface area contributed by atoms with Crippen molar-refractivity contribution in [2.75, 3.05) is 5.32 Å². The van der Waals surface area contributed by atoms with Crippen LogP contribution in [0.25, 0.3) is 0 Å². The Kier molecular flexibility index (Phi) is 5.56. The molecule has 1 amide bonds. The Labute approximate surface area is 180 Å². The minimum Gasteiger partial charge on any atom is -0.361 e. The van der Waals surface area contributed by atoms with Crippen molar-refractivity contribution in [3.8, 4) is 0 Å². The Bertz CT molecular complexity index is 1200. The molecule has 0 saturated carbocycles. The molecule has 3 heterocycles. The molecule has 154 valence electrons. The monoisotopic (exact) mass is 448 g/mol. The Morgan fingerprint density at radius 1 is 1.13 bits per heavy atom. The average molecular weight is 449 g/mol. The number of halogens is 3. The van der Waals surface area contributed by atoms with Gasteiger partial charge < -0.3 is 9.84 Å². The highest BCUT2D eigenvalue weighted by molar-refractivity contribution is 6.31. The van der Waals surface area contributed by atoms with Crippen LogP contribution in [0.3, 0.4) is 0 Å². The Hall–Kier alpha value is -3.17. The second-order valence-corrected chi connectivity index (χ2v) is 7.35. The van der Waals surface area contributed by atoms with Gasteiger partial charge in [0.2, 0.25) is 0 Å². The second-order valence-electron chi connectivity index (χ2n) is 6.50. The van der Waals surface area contributed by atoms with Crippen molar-refractivity contribution >= 4 is 34.8 Å². The number of amides is 1. The lowest BCUT2D eigenvalue weighted by Gasteiger charge is -2.06. The van der Waals surface area contributed by atoms with Crippen molar-refractivity contribution in [1.82, 2.24) is 24.7 Å². The lowest BCUT2D eigenvalue weighted by Crippen LogP contribution is -2.15. The molecule has 0 fully saturated rings.